The smallest absolute Gasteiger partial charge is 0.339 e. The van der Waals surface area contributed by atoms with Gasteiger partial charge in [0, 0.05) is 65.0 Å². The van der Waals surface area contributed by atoms with Crippen molar-refractivity contribution in [1.82, 2.24) is 19.5 Å². The molecule has 0 bridgehead atoms. The van der Waals surface area contributed by atoms with Crippen molar-refractivity contribution in [2.75, 3.05) is 14.2 Å². The summed E-state index contributed by atoms with van der Waals surface area (Å²) >= 11 is 0. The molecule has 4 aromatic carbocycles. The van der Waals surface area contributed by atoms with Gasteiger partial charge in [-0.1, -0.05) is 72.8 Å². The van der Waals surface area contributed by atoms with Crippen LogP contribution in [-0.4, -0.2) is 45.7 Å². The Morgan fingerprint density at radius 3 is 1.70 bits per heavy atom. The Labute approximate surface area is 350 Å². The van der Waals surface area contributed by atoms with E-state index < -0.39 is 0 Å². The SMILES string of the molecule is CCn1c(-c2ccccc2)cc2cc(Cc3ncc(C4CC4)cc3C(=O)OC)ccc21.COC(=O)c1cc(C2CC2)cnc1Cc1ccc2[nH]c(-c3ccccc3)cc2c1. The first-order valence-electron chi connectivity index (χ1n) is 20.9. The number of carbonyl (C=O) groups excluding carboxylic acids is 2. The maximum Gasteiger partial charge on any atom is 0.339 e. The number of nitrogens with one attached hydrogen (secondary N) is 1. The van der Waals surface area contributed by atoms with E-state index in [1.807, 2.05) is 48.8 Å². The standard InChI is InChI=1S/C27H26N2O2.C25H22N2O2/c1-3-29-25-12-9-18(13-21(25)16-26(29)20-7-5-4-6-8-20)14-24-23(27(30)31-2)15-22(17-28-24)19-10-11-19;1-29-25(28)21-13-20(17-8-9-17)15-26-24(21)12-16-7-10-22-19(11-16)14-23(27-22)18-5-3-2-4-6-18/h4-9,12-13,15-17,19H,3,10-11,14H2,1-2H3;2-7,10-11,13-15,17,27H,8-9,12H2,1H3. The second kappa shape index (κ2) is 16.8. The number of hydrogen-bond acceptors (Lipinski definition) is 6. The van der Waals surface area contributed by atoms with E-state index in [9.17, 15) is 9.59 Å². The Balaban J connectivity index is 0.000000154. The van der Waals surface area contributed by atoms with E-state index in [0.29, 0.717) is 35.8 Å². The number of aromatic amines is 1. The molecule has 0 unspecified atom stereocenters. The maximum atomic E-state index is 12.4. The maximum absolute atomic E-state index is 12.4. The zero-order valence-electron chi connectivity index (χ0n) is 34.3. The highest BCUT2D eigenvalue weighted by atomic mass is 16.5. The number of benzene rings is 4. The van der Waals surface area contributed by atoms with Crippen LogP contribution in [0, 0.1) is 0 Å². The summed E-state index contributed by atoms with van der Waals surface area (Å²) in [4.78, 5) is 37.5. The topological polar surface area (TPSA) is 99.1 Å². The molecule has 2 aliphatic rings. The summed E-state index contributed by atoms with van der Waals surface area (Å²) in [6.07, 6.45) is 9.75. The van der Waals surface area contributed by atoms with E-state index >= 15 is 0 Å². The number of rotatable bonds is 11. The molecule has 0 amide bonds. The van der Waals surface area contributed by atoms with Gasteiger partial charge in [0.2, 0.25) is 0 Å². The largest absolute Gasteiger partial charge is 0.465 e. The van der Waals surface area contributed by atoms with Gasteiger partial charge in [-0.2, -0.15) is 0 Å². The molecule has 2 fully saturated rings. The highest BCUT2D eigenvalue weighted by Gasteiger charge is 2.27. The molecule has 4 heterocycles. The van der Waals surface area contributed by atoms with Gasteiger partial charge in [-0.15, -0.1) is 0 Å². The minimum Gasteiger partial charge on any atom is -0.465 e. The Bertz CT molecular complexity index is 2830. The number of fused-ring (bicyclic) bond motifs is 2. The summed E-state index contributed by atoms with van der Waals surface area (Å²) in [5, 5.41) is 2.35. The van der Waals surface area contributed by atoms with Gasteiger partial charge in [-0.05, 0) is 126 Å². The molecule has 8 heteroatoms. The molecule has 4 aromatic heterocycles. The Kier molecular flexibility index (Phi) is 10.8. The van der Waals surface area contributed by atoms with Gasteiger partial charge >= 0.3 is 11.9 Å². The average molecular weight is 793 g/mol. The fourth-order valence-electron chi connectivity index (χ4n) is 8.22. The summed E-state index contributed by atoms with van der Waals surface area (Å²) in [6, 6.07) is 42.0. The lowest BCUT2D eigenvalue weighted by molar-refractivity contribution is 0.0590. The van der Waals surface area contributed by atoms with E-state index in [1.54, 1.807) is 0 Å². The molecule has 0 saturated heterocycles. The van der Waals surface area contributed by atoms with Crippen molar-refractivity contribution in [2.45, 2.75) is 63.8 Å². The van der Waals surface area contributed by atoms with Crippen molar-refractivity contribution in [3.05, 3.63) is 178 Å². The highest BCUT2D eigenvalue weighted by Crippen LogP contribution is 2.41. The molecule has 60 heavy (non-hydrogen) atoms. The van der Waals surface area contributed by atoms with Gasteiger partial charge in [-0.25, -0.2) is 9.59 Å². The number of hydrogen-bond donors (Lipinski definition) is 1. The van der Waals surface area contributed by atoms with Gasteiger partial charge in [0.05, 0.1) is 36.7 Å². The van der Waals surface area contributed by atoms with Crippen molar-refractivity contribution in [2.24, 2.45) is 0 Å². The van der Waals surface area contributed by atoms with Gasteiger partial charge < -0.3 is 19.0 Å². The second-order valence-electron chi connectivity index (χ2n) is 15.9. The lowest BCUT2D eigenvalue weighted by Gasteiger charge is -2.10. The zero-order chi connectivity index (χ0) is 41.2. The van der Waals surface area contributed by atoms with Crippen LogP contribution < -0.4 is 0 Å². The molecular weight excluding hydrogens is 745 g/mol. The van der Waals surface area contributed by atoms with Crippen LogP contribution >= 0.6 is 0 Å². The van der Waals surface area contributed by atoms with Crippen LogP contribution in [0.1, 0.15) is 98.8 Å². The number of aromatic nitrogens is 4. The molecule has 1 N–H and O–H groups in total. The first kappa shape index (κ1) is 38.7. The van der Waals surface area contributed by atoms with Gasteiger partial charge in [0.25, 0.3) is 0 Å². The van der Waals surface area contributed by atoms with Crippen molar-refractivity contribution in [3.63, 3.8) is 0 Å². The summed E-state index contributed by atoms with van der Waals surface area (Å²) in [7, 11) is 2.85. The number of aryl methyl sites for hydroxylation is 1. The van der Waals surface area contributed by atoms with Crippen molar-refractivity contribution < 1.29 is 19.1 Å². The molecule has 8 nitrogen and oxygen atoms in total. The number of esters is 2. The molecule has 10 rings (SSSR count). The molecule has 2 saturated carbocycles. The third kappa shape index (κ3) is 8.23. The van der Waals surface area contributed by atoms with Crippen LogP contribution in [0.5, 0.6) is 0 Å². The zero-order valence-corrected chi connectivity index (χ0v) is 34.3. The molecular formula is C52H48N4O4. The fourth-order valence-corrected chi connectivity index (χ4v) is 8.22. The van der Waals surface area contributed by atoms with Crippen LogP contribution in [0.2, 0.25) is 0 Å². The van der Waals surface area contributed by atoms with Crippen molar-refractivity contribution in [1.29, 1.82) is 0 Å². The Morgan fingerprint density at radius 2 is 1.17 bits per heavy atom. The van der Waals surface area contributed by atoms with Crippen LogP contribution in [0.4, 0.5) is 0 Å². The van der Waals surface area contributed by atoms with Gasteiger partial charge in [0.1, 0.15) is 0 Å². The van der Waals surface area contributed by atoms with Crippen LogP contribution in [-0.2, 0) is 28.9 Å². The van der Waals surface area contributed by atoms with Crippen LogP contribution in [0.3, 0.4) is 0 Å². The van der Waals surface area contributed by atoms with Gasteiger partial charge in [-0.3, -0.25) is 9.97 Å². The number of pyridine rings is 2. The number of ether oxygens (including phenoxy) is 2. The quantitative estimate of drug-likeness (QED) is 0.131. The predicted octanol–water partition coefficient (Wildman–Crippen LogP) is 11.5. The Hall–Kier alpha value is -6.80. The lowest BCUT2D eigenvalue weighted by atomic mass is 10.0. The predicted molar refractivity (Wildman–Crippen MR) is 237 cm³/mol. The van der Waals surface area contributed by atoms with Crippen LogP contribution in [0.25, 0.3) is 44.3 Å². The number of H-pyrrole nitrogens is 1. The minimum atomic E-state index is -0.316. The first-order chi connectivity index (χ1) is 29.4. The number of carbonyl (C=O) groups is 2. The first-order valence-corrected chi connectivity index (χ1v) is 20.9. The lowest BCUT2D eigenvalue weighted by Crippen LogP contribution is -2.09. The number of nitrogens with zero attached hydrogens (tertiary/aromatic N) is 3. The summed E-state index contributed by atoms with van der Waals surface area (Å²) in [5.74, 6) is 0.470. The monoisotopic (exact) mass is 792 g/mol. The third-order valence-corrected chi connectivity index (χ3v) is 11.8. The molecule has 300 valence electrons. The number of methoxy groups -OCH3 is 2. The van der Waals surface area contributed by atoms with Gasteiger partial charge in [0.15, 0.2) is 0 Å². The highest BCUT2D eigenvalue weighted by molar-refractivity contribution is 5.92. The van der Waals surface area contributed by atoms with E-state index in [1.165, 1.54) is 62.1 Å². The van der Waals surface area contributed by atoms with Crippen LogP contribution in [0.15, 0.2) is 134 Å². The fraction of sp³-hybridized carbons (Fsp3) is 0.231. The molecule has 0 atom stereocenters. The van der Waals surface area contributed by atoms with Crippen molar-refractivity contribution >= 4 is 33.7 Å². The molecule has 2 aliphatic carbocycles. The van der Waals surface area contributed by atoms with E-state index in [4.69, 9.17) is 9.47 Å². The van der Waals surface area contributed by atoms with E-state index in [2.05, 4.69) is 111 Å². The van der Waals surface area contributed by atoms with Crippen molar-refractivity contribution in [3.8, 4) is 22.5 Å². The molecule has 0 radical (unpaired) electrons. The van der Waals surface area contributed by atoms with E-state index in [-0.39, 0.29) is 11.9 Å². The Morgan fingerprint density at radius 1 is 0.633 bits per heavy atom. The second-order valence-corrected chi connectivity index (χ2v) is 15.9. The minimum absolute atomic E-state index is 0.311. The molecule has 8 aromatic rings. The summed E-state index contributed by atoms with van der Waals surface area (Å²) in [6.45, 7) is 3.08. The molecule has 0 aliphatic heterocycles. The third-order valence-electron chi connectivity index (χ3n) is 11.8. The average Bonchev–Trinajstić information content (AvgIpc) is 4.24. The summed E-state index contributed by atoms with van der Waals surface area (Å²) in [5.41, 5.74) is 14.3. The molecule has 0 spiro atoms. The summed E-state index contributed by atoms with van der Waals surface area (Å²) < 4.78 is 12.4. The van der Waals surface area contributed by atoms with E-state index in [0.717, 1.165) is 62.3 Å². The normalized spacial score (nSPS) is 13.5.